The summed E-state index contributed by atoms with van der Waals surface area (Å²) in [5, 5.41) is 0. The van der Waals surface area contributed by atoms with E-state index in [9.17, 15) is 9.59 Å². The average molecular weight is 444 g/mol. The lowest BCUT2D eigenvalue weighted by Gasteiger charge is -2.37. The van der Waals surface area contributed by atoms with Crippen molar-refractivity contribution in [2.24, 2.45) is 0 Å². The molecule has 1 saturated heterocycles. The first kappa shape index (κ1) is 21.0. The number of benzene rings is 3. The first-order valence-electron chi connectivity index (χ1n) is 11.0. The number of amides is 2. The molecule has 1 fully saturated rings. The molecule has 7 heteroatoms. The predicted octanol–water partition coefficient (Wildman–Crippen LogP) is 3.75. The highest BCUT2D eigenvalue weighted by molar-refractivity contribution is 6.08. The molecule has 0 aromatic heterocycles. The highest BCUT2D eigenvalue weighted by Gasteiger charge is 2.36. The molecule has 0 bridgehead atoms. The second kappa shape index (κ2) is 9.34. The summed E-state index contributed by atoms with van der Waals surface area (Å²) in [6.07, 6.45) is -0.761. The van der Waals surface area contributed by atoms with Gasteiger partial charge in [-0.2, -0.15) is 0 Å². The van der Waals surface area contributed by atoms with Crippen LogP contribution < -0.4 is 14.4 Å². The Bertz CT molecular complexity index is 1130. The molecule has 2 amide bonds. The maximum absolute atomic E-state index is 13.5. The summed E-state index contributed by atoms with van der Waals surface area (Å²) >= 11 is 0. The molecule has 168 valence electrons. The number of morpholine rings is 1. The Morgan fingerprint density at radius 3 is 2.24 bits per heavy atom. The molecule has 2 heterocycles. The van der Waals surface area contributed by atoms with Gasteiger partial charge in [-0.3, -0.25) is 9.59 Å². The van der Waals surface area contributed by atoms with E-state index < -0.39 is 6.10 Å². The molecule has 0 N–H and O–H groups in total. The molecule has 2 aliphatic heterocycles. The smallest absolute Gasteiger partial charge is 0.265 e. The van der Waals surface area contributed by atoms with Crippen molar-refractivity contribution in [2.75, 3.05) is 37.7 Å². The number of carbonyl (C=O) groups excluding carboxylic acids is 2. The molecular weight excluding hydrogens is 420 g/mol. The Kier molecular flexibility index (Phi) is 5.95. The van der Waals surface area contributed by atoms with Crippen LogP contribution in [-0.4, -0.2) is 55.7 Å². The van der Waals surface area contributed by atoms with E-state index in [2.05, 4.69) is 0 Å². The van der Waals surface area contributed by atoms with Crippen LogP contribution >= 0.6 is 0 Å². The Balaban J connectivity index is 1.36. The number of carbonyl (C=O) groups is 2. The van der Waals surface area contributed by atoms with Gasteiger partial charge in [0.05, 0.1) is 25.4 Å². The molecule has 0 saturated carbocycles. The van der Waals surface area contributed by atoms with Gasteiger partial charge >= 0.3 is 0 Å². The molecule has 33 heavy (non-hydrogen) atoms. The number of nitrogens with zero attached hydrogens (tertiary/aromatic N) is 2. The average Bonchev–Trinajstić information content (AvgIpc) is 2.89. The van der Waals surface area contributed by atoms with Crippen molar-refractivity contribution < 1.29 is 23.8 Å². The van der Waals surface area contributed by atoms with Gasteiger partial charge in [-0.05, 0) is 48.5 Å². The number of para-hydroxylation sites is 3. The number of fused-ring (bicyclic) bond motifs is 1. The quantitative estimate of drug-likeness (QED) is 0.613. The molecule has 7 nitrogen and oxygen atoms in total. The predicted molar refractivity (Wildman–Crippen MR) is 123 cm³/mol. The summed E-state index contributed by atoms with van der Waals surface area (Å²) < 4.78 is 17.2. The van der Waals surface area contributed by atoms with Crippen LogP contribution in [0.5, 0.6) is 17.2 Å². The summed E-state index contributed by atoms with van der Waals surface area (Å²) in [5.41, 5.74) is 1.16. The zero-order chi connectivity index (χ0) is 22.6. The van der Waals surface area contributed by atoms with Crippen LogP contribution in [0.15, 0.2) is 78.9 Å². The molecule has 1 unspecified atom stereocenters. The van der Waals surface area contributed by atoms with E-state index in [-0.39, 0.29) is 18.4 Å². The van der Waals surface area contributed by atoms with Crippen LogP contribution in [-0.2, 0) is 9.53 Å². The van der Waals surface area contributed by atoms with Gasteiger partial charge in [-0.15, -0.1) is 0 Å². The van der Waals surface area contributed by atoms with Crippen molar-refractivity contribution in [2.45, 2.75) is 6.10 Å². The topological polar surface area (TPSA) is 68.3 Å². The molecule has 5 rings (SSSR count). The molecule has 3 aromatic rings. The van der Waals surface area contributed by atoms with E-state index in [1.807, 2.05) is 48.5 Å². The highest BCUT2D eigenvalue weighted by atomic mass is 16.5. The maximum atomic E-state index is 13.5. The molecule has 0 radical (unpaired) electrons. The zero-order valence-corrected chi connectivity index (χ0v) is 18.1. The van der Waals surface area contributed by atoms with E-state index in [1.54, 1.807) is 40.1 Å². The number of hydrogen-bond acceptors (Lipinski definition) is 5. The van der Waals surface area contributed by atoms with E-state index >= 15 is 0 Å². The van der Waals surface area contributed by atoms with Crippen LogP contribution in [0.25, 0.3) is 0 Å². The van der Waals surface area contributed by atoms with Crippen molar-refractivity contribution in [3.05, 3.63) is 84.4 Å². The highest BCUT2D eigenvalue weighted by Crippen LogP contribution is 2.35. The largest absolute Gasteiger partial charge is 0.476 e. The SMILES string of the molecule is O=C(C1CN(C(=O)c2ccc(Oc3ccccc3)cc2)c2ccccc2O1)N1CCOCC1. The second-order valence-corrected chi connectivity index (χ2v) is 7.87. The van der Waals surface area contributed by atoms with Gasteiger partial charge in [0.25, 0.3) is 11.8 Å². The number of rotatable bonds is 4. The summed E-state index contributed by atoms with van der Waals surface area (Å²) in [5.74, 6) is 1.56. The maximum Gasteiger partial charge on any atom is 0.265 e. The van der Waals surface area contributed by atoms with E-state index in [1.165, 1.54) is 0 Å². The van der Waals surface area contributed by atoms with Crippen LogP contribution in [0.2, 0.25) is 0 Å². The third-order valence-electron chi connectivity index (χ3n) is 5.70. The normalized spacial score (nSPS) is 17.6. The summed E-state index contributed by atoms with van der Waals surface area (Å²) in [6.45, 7) is 2.22. The first-order chi connectivity index (χ1) is 16.2. The molecule has 2 aliphatic rings. The molecule has 0 aliphatic carbocycles. The Morgan fingerprint density at radius 1 is 0.818 bits per heavy atom. The third-order valence-corrected chi connectivity index (χ3v) is 5.70. The third kappa shape index (κ3) is 4.54. The Labute approximate surface area is 192 Å². The van der Waals surface area contributed by atoms with Crippen LogP contribution in [0, 0.1) is 0 Å². The Hall–Kier alpha value is -3.84. The number of anilines is 1. The standard InChI is InChI=1S/C26H24N2O5/c29-25(19-10-12-21(13-11-19)32-20-6-2-1-3-7-20)28-18-24(26(30)27-14-16-31-17-15-27)33-23-9-5-4-8-22(23)28/h1-13,24H,14-18H2. The zero-order valence-electron chi connectivity index (χ0n) is 18.1. The van der Waals surface area contributed by atoms with Gasteiger partial charge in [0, 0.05) is 18.7 Å². The van der Waals surface area contributed by atoms with E-state index in [0.29, 0.717) is 49.1 Å². The lowest BCUT2D eigenvalue weighted by molar-refractivity contribution is -0.142. The van der Waals surface area contributed by atoms with Gasteiger partial charge in [0.1, 0.15) is 17.2 Å². The summed E-state index contributed by atoms with van der Waals surface area (Å²) in [6, 6.07) is 23.8. The molecule has 1 atom stereocenters. The van der Waals surface area contributed by atoms with Gasteiger partial charge in [-0.1, -0.05) is 30.3 Å². The fraction of sp³-hybridized carbons (Fsp3) is 0.231. The van der Waals surface area contributed by atoms with Gasteiger partial charge < -0.3 is 24.0 Å². The molecular formula is C26H24N2O5. The minimum Gasteiger partial charge on any atom is -0.476 e. The molecule has 3 aromatic carbocycles. The minimum absolute atomic E-state index is 0.128. The van der Waals surface area contributed by atoms with Gasteiger partial charge in [0.2, 0.25) is 0 Å². The van der Waals surface area contributed by atoms with Crippen molar-refractivity contribution in [3.8, 4) is 17.2 Å². The second-order valence-electron chi connectivity index (χ2n) is 7.87. The van der Waals surface area contributed by atoms with Crippen molar-refractivity contribution in [1.82, 2.24) is 4.90 Å². The summed E-state index contributed by atoms with van der Waals surface area (Å²) in [4.78, 5) is 29.9. The van der Waals surface area contributed by atoms with E-state index in [4.69, 9.17) is 14.2 Å². The molecule has 0 spiro atoms. The van der Waals surface area contributed by atoms with Crippen molar-refractivity contribution in [1.29, 1.82) is 0 Å². The number of ether oxygens (including phenoxy) is 3. The Morgan fingerprint density at radius 2 is 1.48 bits per heavy atom. The lowest BCUT2D eigenvalue weighted by atomic mass is 10.1. The minimum atomic E-state index is -0.761. The summed E-state index contributed by atoms with van der Waals surface area (Å²) in [7, 11) is 0. The number of hydrogen-bond donors (Lipinski definition) is 0. The van der Waals surface area contributed by atoms with Crippen molar-refractivity contribution >= 4 is 17.5 Å². The lowest BCUT2D eigenvalue weighted by Crippen LogP contribution is -2.54. The van der Waals surface area contributed by atoms with Crippen LogP contribution in [0.3, 0.4) is 0 Å². The van der Waals surface area contributed by atoms with Gasteiger partial charge in [-0.25, -0.2) is 0 Å². The fourth-order valence-corrected chi connectivity index (χ4v) is 3.99. The monoisotopic (exact) mass is 444 g/mol. The fourth-order valence-electron chi connectivity index (χ4n) is 3.99. The van der Waals surface area contributed by atoms with Gasteiger partial charge in [0.15, 0.2) is 6.10 Å². The van der Waals surface area contributed by atoms with Crippen molar-refractivity contribution in [3.63, 3.8) is 0 Å². The van der Waals surface area contributed by atoms with Crippen LogP contribution in [0.1, 0.15) is 10.4 Å². The van der Waals surface area contributed by atoms with E-state index in [0.717, 1.165) is 5.75 Å². The first-order valence-corrected chi connectivity index (χ1v) is 11.0. The van der Waals surface area contributed by atoms with Crippen LogP contribution in [0.4, 0.5) is 5.69 Å².